The average molecular weight is 179 g/mol. The van der Waals surface area contributed by atoms with Crippen molar-refractivity contribution < 1.29 is 9.13 Å². The predicted molar refractivity (Wildman–Crippen MR) is 46.9 cm³/mol. The van der Waals surface area contributed by atoms with E-state index in [0.29, 0.717) is 17.9 Å². The lowest BCUT2D eigenvalue weighted by atomic mass is 10.2. The molecule has 0 N–H and O–H groups in total. The number of hydrogen-bond acceptors (Lipinski definition) is 2. The topological polar surface area (TPSA) is 33.0 Å². The van der Waals surface area contributed by atoms with Crippen LogP contribution in [0, 0.1) is 17.1 Å². The van der Waals surface area contributed by atoms with Crippen molar-refractivity contribution in [1.29, 1.82) is 5.26 Å². The molecule has 2 nitrogen and oxygen atoms in total. The van der Waals surface area contributed by atoms with Gasteiger partial charge in [0.05, 0.1) is 12.2 Å². The number of halogens is 1. The van der Waals surface area contributed by atoms with E-state index in [4.69, 9.17) is 10.00 Å². The van der Waals surface area contributed by atoms with Gasteiger partial charge in [0, 0.05) is 6.07 Å². The first-order valence-electron chi connectivity index (χ1n) is 4.10. The third-order valence-corrected chi connectivity index (χ3v) is 1.53. The Bertz CT molecular complexity index is 330. The maximum absolute atomic E-state index is 12.7. The third-order valence-electron chi connectivity index (χ3n) is 1.53. The average Bonchev–Trinajstić information content (AvgIpc) is 2.15. The van der Waals surface area contributed by atoms with E-state index in [1.54, 1.807) is 0 Å². The molecule has 0 atom stereocenters. The molecular weight excluding hydrogens is 169 g/mol. The van der Waals surface area contributed by atoms with Crippen molar-refractivity contribution in [3.05, 3.63) is 29.6 Å². The minimum atomic E-state index is -0.384. The fourth-order valence-corrected chi connectivity index (χ4v) is 0.920. The standard InChI is InChI=1S/C10H10FNO/c1-2-5-13-10-6-9(11)4-3-8(10)7-12/h3-4,6H,2,5H2,1H3. The summed E-state index contributed by atoms with van der Waals surface area (Å²) in [6.07, 6.45) is 0.835. The van der Waals surface area contributed by atoms with Crippen molar-refractivity contribution in [3.63, 3.8) is 0 Å². The van der Waals surface area contributed by atoms with Gasteiger partial charge in [-0.25, -0.2) is 4.39 Å². The molecule has 3 heteroatoms. The van der Waals surface area contributed by atoms with Gasteiger partial charge in [-0.3, -0.25) is 0 Å². The largest absolute Gasteiger partial charge is 0.492 e. The highest BCUT2D eigenvalue weighted by Crippen LogP contribution is 2.18. The molecule has 0 spiro atoms. The van der Waals surface area contributed by atoms with E-state index in [2.05, 4.69) is 0 Å². The Labute approximate surface area is 76.6 Å². The van der Waals surface area contributed by atoms with E-state index in [9.17, 15) is 4.39 Å². The highest BCUT2D eigenvalue weighted by molar-refractivity contribution is 5.42. The SMILES string of the molecule is CCCOc1cc(F)ccc1C#N. The summed E-state index contributed by atoms with van der Waals surface area (Å²) in [4.78, 5) is 0. The number of nitrogens with zero attached hydrogens (tertiary/aromatic N) is 1. The van der Waals surface area contributed by atoms with Crippen molar-refractivity contribution in [3.8, 4) is 11.8 Å². The molecule has 0 aromatic heterocycles. The highest BCUT2D eigenvalue weighted by atomic mass is 19.1. The zero-order valence-corrected chi connectivity index (χ0v) is 7.38. The van der Waals surface area contributed by atoms with E-state index in [1.807, 2.05) is 13.0 Å². The normalized spacial score (nSPS) is 9.31. The summed E-state index contributed by atoms with van der Waals surface area (Å²) in [5, 5.41) is 8.66. The first-order valence-corrected chi connectivity index (χ1v) is 4.10. The van der Waals surface area contributed by atoms with Crippen molar-refractivity contribution in [2.45, 2.75) is 13.3 Å². The second-order valence-electron chi connectivity index (χ2n) is 2.60. The zero-order chi connectivity index (χ0) is 9.68. The summed E-state index contributed by atoms with van der Waals surface area (Å²) >= 11 is 0. The lowest BCUT2D eigenvalue weighted by molar-refractivity contribution is 0.315. The van der Waals surface area contributed by atoms with Gasteiger partial charge < -0.3 is 4.74 Å². The Balaban J connectivity index is 2.89. The molecule has 1 rings (SSSR count). The van der Waals surface area contributed by atoms with Crippen LogP contribution < -0.4 is 4.74 Å². The fourth-order valence-electron chi connectivity index (χ4n) is 0.920. The van der Waals surface area contributed by atoms with Crippen LogP contribution >= 0.6 is 0 Å². The van der Waals surface area contributed by atoms with Crippen LogP contribution in [0.1, 0.15) is 18.9 Å². The molecule has 13 heavy (non-hydrogen) atoms. The van der Waals surface area contributed by atoms with Crippen LogP contribution in [0.25, 0.3) is 0 Å². The van der Waals surface area contributed by atoms with Gasteiger partial charge in [0.15, 0.2) is 0 Å². The molecule has 0 saturated carbocycles. The summed E-state index contributed by atoms with van der Waals surface area (Å²) in [6, 6.07) is 5.83. The Kier molecular flexibility index (Phi) is 3.27. The van der Waals surface area contributed by atoms with E-state index in [-0.39, 0.29) is 5.82 Å². The molecule has 0 unspecified atom stereocenters. The van der Waals surface area contributed by atoms with Crippen molar-refractivity contribution in [2.24, 2.45) is 0 Å². The molecule has 0 fully saturated rings. The molecule has 0 amide bonds. The van der Waals surface area contributed by atoms with Gasteiger partial charge in [-0.15, -0.1) is 0 Å². The molecule has 0 aliphatic carbocycles. The summed E-state index contributed by atoms with van der Waals surface area (Å²) in [7, 11) is 0. The molecule has 0 bridgehead atoms. The number of hydrogen-bond donors (Lipinski definition) is 0. The van der Waals surface area contributed by atoms with Crippen LogP contribution in [0.3, 0.4) is 0 Å². The van der Waals surface area contributed by atoms with Crippen molar-refractivity contribution in [1.82, 2.24) is 0 Å². The molecule has 0 aliphatic rings. The van der Waals surface area contributed by atoms with Gasteiger partial charge >= 0.3 is 0 Å². The molecule has 68 valence electrons. The van der Waals surface area contributed by atoms with Crippen LogP contribution in [-0.4, -0.2) is 6.61 Å². The Morgan fingerprint density at radius 3 is 2.92 bits per heavy atom. The quantitative estimate of drug-likeness (QED) is 0.714. The van der Waals surface area contributed by atoms with Gasteiger partial charge in [0.2, 0.25) is 0 Å². The summed E-state index contributed by atoms with van der Waals surface area (Å²) in [5.74, 6) is -0.0607. The minimum absolute atomic E-state index is 0.323. The van der Waals surface area contributed by atoms with Crippen LogP contribution in [0.15, 0.2) is 18.2 Å². The van der Waals surface area contributed by atoms with Crippen LogP contribution in [-0.2, 0) is 0 Å². The molecule has 0 radical (unpaired) electrons. The molecular formula is C10H10FNO. The maximum Gasteiger partial charge on any atom is 0.139 e. The molecule has 0 aliphatic heterocycles. The third kappa shape index (κ3) is 2.45. The number of ether oxygens (including phenoxy) is 1. The first kappa shape index (κ1) is 9.53. The Morgan fingerprint density at radius 2 is 2.31 bits per heavy atom. The predicted octanol–water partition coefficient (Wildman–Crippen LogP) is 2.49. The van der Waals surface area contributed by atoms with Gasteiger partial charge in [0.25, 0.3) is 0 Å². The molecule has 1 aromatic rings. The smallest absolute Gasteiger partial charge is 0.139 e. The maximum atomic E-state index is 12.7. The first-order chi connectivity index (χ1) is 6.27. The number of rotatable bonds is 3. The van der Waals surface area contributed by atoms with E-state index < -0.39 is 0 Å². The Morgan fingerprint density at radius 1 is 1.54 bits per heavy atom. The highest BCUT2D eigenvalue weighted by Gasteiger charge is 2.03. The van der Waals surface area contributed by atoms with Crippen LogP contribution in [0.2, 0.25) is 0 Å². The molecule has 0 heterocycles. The zero-order valence-electron chi connectivity index (χ0n) is 7.38. The van der Waals surface area contributed by atoms with E-state index >= 15 is 0 Å². The summed E-state index contributed by atoms with van der Waals surface area (Å²) in [6.45, 7) is 2.45. The number of benzene rings is 1. The van der Waals surface area contributed by atoms with Crippen molar-refractivity contribution >= 4 is 0 Å². The lowest BCUT2D eigenvalue weighted by Crippen LogP contribution is -1.97. The fraction of sp³-hybridized carbons (Fsp3) is 0.300. The summed E-state index contributed by atoms with van der Waals surface area (Å²) in [5.41, 5.74) is 0.370. The summed E-state index contributed by atoms with van der Waals surface area (Å²) < 4.78 is 17.9. The van der Waals surface area contributed by atoms with Gasteiger partial charge in [0.1, 0.15) is 17.6 Å². The molecule has 1 aromatic carbocycles. The van der Waals surface area contributed by atoms with Crippen LogP contribution in [0.4, 0.5) is 4.39 Å². The second kappa shape index (κ2) is 4.46. The lowest BCUT2D eigenvalue weighted by Gasteiger charge is -2.05. The van der Waals surface area contributed by atoms with Gasteiger partial charge in [-0.1, -0.05) is 6.92 Å². The monoisotopic (exact) mass is 179 g/mol. The van der Waals surface area contributed by atoms with Gasteiger partial charge in [-0.05, 0) is 18.6 Å². The molecule has 0 saturated heterocycles. The minimum Gasteiger partial charge on any atom is -0.492 e. The van der Waals surface area contributed by atoms with Gasteiger partial charge in [-0.2, -0.15) is 5.26 Å². The Hall–Kier alpha value is -1.56. The van der Waals surface area contributed by atoms with Crippen LogP contribution in [0.5, 0.6) is 5.75 Å². The number of nitriles is 1. The van der Waals surface area contributed by atoms with E-state index in [0.717, 1.165) is 6.42 Å². The van der Waals surface area contributed by atoms with Crippen molar-refractivity contribution in [2.75, 3.05) is 6.61 Å². The van der Waals surface area contributed by atoms with E-state index in [1.165, 1.54) is 18.2 Å². The second-order valence-corrected chi connectivity index (χ2v) is 2.60.